The van der Waals surface area contributed by atoms with Crippen molar-refractivity contribution in [2.45, 2.75) is 44.9 Å². The molecule has 0 saturated carbocycles. The lowest BCUT2D eigenvalue weighted by Gasteiger charge is -2.37. The molecular weight excluding hydrogens is 293 g/mol. The molecule has 4 nitrogen and oxygen atoms in total. The van der Waals surface area contributed by atoms with Gasteiger partial charge in [-0.3, -0.25) is 9.58 Å². The maximum atomic E-state index is 13.8. The van der Waals surface area contributed by atoms with E-state index < -0.39 is 6.10 Å². The molecule has 1 aliphatic rings. The van der Waals surface area contributed by atoms with Crippen LogP contribution in [0.2, 0.25) is 0 Å². The van der Waals surface area contributed by atoms with Gasteiger partial charge in [-0.1, -0.05) is 24.6 Å². The Morgan fingerprint density at radius 1 is 1.35 bits per heavy atom. The number of aryl methyl sites for hydroxylation is 1. The molecule has 1 aliphatic heterocycles. The highest BCUT2D eigenvalue weighted by molar-refractivity contribution is 5.20. The Morgan fingerprint density at radius 2 is 2.17 bits per heavy atom. The molecule has 1 aromatic carbocycles. The maximum absolute atomic E-state index is 13.8. The molecule has 3 rings (SSSR count). The van der Waals surface area contributed by atoms with E-state index in [1.54, 1.807) is 18.2 Å². The largest absolute Gasteiger partial charge is 0.387 e. The van der Waals surface area contributed by atoms with E-state index in [9.17, 15) is 9.50 Å². The van der Waals surface area contributed by atoms with Crippen LogP contribution in [0.15, 0.2) is 36.7 Å². The van der Waals surface area contributed by atoms with Crippen molar-refractivity contribution < 1.29 is 9.50 Å². The van der Waals surface area contributed by atoms with Gasteiger partial charge < -0.3 is 5.11 Å². The van der Waals surface area contributed by atoms with E-state index in [0.717, 1.165) is 31.5 Å². The van der Waals surface area contributed by atoms with E-state index in [4.69, 9.17) is 0 Å². The molecule has 0 spiro atoms. The van der Waals surface area contributed by atoms with Crippen LogP contribution in [0.4, 0.5) is 4.39 Å². The summed E-state index contributed by atoms with van der Waals surface area (Å²) in [5, 5.41) is 14.8. The summed E-state index contributed by atoms with van der Waals surface area (Å²) < 4.78 is 15.8. The van der Waals surface area contributed by atoms with Gasteiger partial charge in [-0.05, 0) is 37.9 Å². The summed E-state index contributed by atoms with van der Waals surface area (Å²) in [4.78, 5) is 2.28. The summed E-state index contributed by atoms with van der Waals surface area (Å²) in [6.07, 6.45) is 6.51. The third kappa shape index (κ3) is 3.98. The van der Waals surface area contributed by atoms with E-state index in [1.165, 1.54) is 12.5 Å². The molecule has 1 saturated heterocycles. The van der Waals surface area contributed by atoms with Crippen molar-refractivity contribution >= 4 is 0 Å². The Bertz CT molecular complexity index is 643. The standard InChI is InChI=1S/C18H24FN3O/c1-14-10-20-22(11-14)12-15-6-4-5-9-21(15)13-18(23)16-7-2-3-8-17(16)19/h2-3,7-8,10-11,15,18,23H,4-6,9,12-13H2,1H3/t15-,18+/m0/s1. The summed E-state index contributed by atoms with van der Waals surface area (Å²) in [7, 11) is 0. The van der Waals surface area contributed by atoms with Crippen LogP contribution >= 0.6 is 0 Å². The predicted octanol–water partition coefficient (Wildman–Crippen LogP) is 2.92. The number of piperidine rings is 1. The minimum atomic E-state index is -0.795. The van der Waals surface area contributed by atoms with Gasteiger partial charge in [0.25, 0.3) is 0 Å². The topological polar surface area (TPSA) is 41.3 Å². The van der Waals surface area contributed by atoms with Gasteiger partial charge in [-0.25, -0.2) is 4.39 Å². The van der Waals surface area contributed by atoms with Gasteiger partial charge in [-0.15, -0.1) is 0 Å². The number of aliphatic hydroxyl groups excluding tert-OH is 1. The molecule has 0 amide bonds. The average molecular weight is 317 g/mol. The number of aromatic nitrogens is 2. The molecule has 1 N–H and O–H groups in total. The summed E-state index contributed by atoms with van der Waals surface area (Å²) in [5.74, 6) is -0.337. The first-order chi connectivity index (χ1) is 11.1. The number of halogens is 1. The number of likely N-dealkylation sites (tertiary alicyclic amines) is 1. The third-order valence-corrected chi connectivity index (χ3v) is 4.58. The first-order valence-corrected chi connectivity index (χ1v) is 8.29. The third-order valence-electron chi connectivity index (χ3n) is 4.58. The Kier molecular flexibility index (Phi) is 5.08. The quantitative estimate of drug-likeness (QED) is 0.922. The number of hydrogen-bond acceptors (Lipinski definition) is 3. The zero-order valence-electron chi connectivity index (χ0n) is 13.5. The molecule has 5 heteroatoms. The molecule has 1 aromatic heterocycles. The molecule has 0 radical (unpaired) electrons. The van der Waals surface area contributed by atoms with Crippen molar-refractivity contribution in [2.24, 2.45) is 0 Å². The fourth-order valence-electron chi connectivity index (χ4n) is 3.36. The van der Waals surface area contributed by atoms with Crippen LogP contribution in [0.3, 0.4) is 0 Å². The zero-order chi connectivity index (χ0) is 16.2. The van der Waals surface area contributed by atoms with Gasteiger partial charge in [0, 0.05) is 24.3 Å². The minimum Gasteiger partial charge on any atom is -0.387 e. The smallest absolute Gasteiger partial charge is 0.129 e. The number of β-amino-alcohol motifs (C(OH)–C–C–N with tert-alkyl or cyclic N) is 1. The SMILES string of the molecule is Cc1cnn(C[C@@H]2CCCCN2C[C@@H](O)c2ccccc2F)c1. The van der Waals surface area contributed by atoms with Crippen LogP contribution in [0, 0.1) is 12.7 Å². The van der Waals surface area contributed by atoms with Crippen LogP contribution in [-0.2, 0) is 6.54 Å². The van der Waals surface area contributed by atoms with Gasteiger partial charge in [0.15, 0.2) is 0 Å². The molecule has 2 aromatic rings. The Morgan fingerprint density at radius 3 is 2.91 bits per heavy atom. The van der Waals surface area contributed by atoms with Crippen molar-refractivity contribution in [2.75, 3.05) is 13.1 Å². The molecule has 0 aliphatic carbocycles. The summed E-state index contributed by atoms with van der Waals surface area (Å²) in [6, 6.07) is 6.82. The van der Waals surface area contributed by atoms with Crippen LogP contribution < -0.4 is 0 Å². The molecule has 124 valence electrons. The fourth-order valence-corrected chi connectivity index (χ4v) is 3.36. The fraction of sp³-hybridized carbons (Fsp3) is 0.500. The summed E-state index contributed by atoms with van der Waals surface area (Å²) in [6.45, 7) is 4.25. The van der Waals surface area contributed by atoms with E-state index in [0.29, 0.717) is 18.2 Å². The molecule has 1 fully saturated rings. The first kappa shape index (κ1) is 16.1. The van der Waals surface area contributed by atoms with Gasteiger partial charge in [0.1, 0.15) is 5.82 Å². The van der Waals surface area contributed by atoms with Gasteiger partial charge in [0.05, 0.1) is 18.8 Å². The Labute approximate surface area is 136 Å². The lowest BCUT2D eigenvalue weighted by molar-refractivity contribution is 0.0575. The molecule has 0 unspecified atom stereocenters. The second-order valence-corrected chi connectivity index (χ2v) is 6.42. The average Bonchev–Trinajstić information content (AvgIpc) is 2.95. The zero-order valence-corrected chi connectivity index (χ0v) is 13.5. The lowest BCUT2D eigenvalue weighted by atomic mass is 10.00. The number of benzene rings is 1. The first-order valence-electron chi connectivity index (χ1n) is 8.29. The van der Waals surface area contributed by atoms with Crippen molar-refractivity contribution in [1.29, 1.82) is 0 Å². The van der Waals surface area contributed by atoms with Gasteiger partial charge >= 0.3 is 0 Å². The van der Waals surface area contributed by atoms with Crippen molar-refractivity contribution in [3.8, 4) is 0 Å². The van der Waals surface area contributed by atoms with E-state index in [1.807, 2.05) is 24.0 Å². The van der Waals surface area contributed by atoms with Crippen LogP contribution in [0.1, 0.15) is 36.5 Å². The number of nitrogens with zero attached hydrogens (tertiary/aromatic N) is 3. The van der Waals surface area contributed by atoms with Gasteiger partial charge in [0.2, 0.25) is 0 Å². The Balaban J connectivity index is 1.67. The monoisotopic (exact) mass is 317 g/mol. The number of hydrogen-bond donors (Lipinski definition) is 1. The van der Waals surface area contributed by atoms with Crippen LogP contribution in [0.5, 0.6) is 0 Å². The minimum absolute atomic E-state index is 0.337. The Hall–Kier alpha value is -1.72. The molecule has 2 heterocycles. The molecular formula is C18H24FN3O. The number of aliphatic hydroxyl groups is 1. The highest BCUT2D eigenvalue weighted by Crippen LogP contribution is 2.24. The van der Waals surface area contributed by atoms with Crippen molar-refractivity contribution in [1.82, 2.24) is 14.7 Å². The number of rotatable bonds is 5. The summed E-state index contributed by atoms with van der Waals surface area (Å²) in [5.41, 5.74) is 1.53. The summed E-state index contributed by atoms with van der Waals surface area (Å²) >= 11 is 0. The van der Waals surface area contributed by atoms with Gasteiger partial charge in [-0.2, -0.15) is 5.10 Å². The molecule has 0 bridgehead atoms. The second-order valence-electron chi connectivity index (χ2n) is 6.42. The predicted molar refractivity (Wildman–Crippen MR) is 87.5 cm³/mol. The van der Waals surface area contributed by atoms with Crippen LogP contribution in [0.25, 0.3) is 0 Å². The van der Waals surface area contributed by atoms with Crippen LogP contribution in [-0.4, -0.2) is 38.9 Å². The van der Waals surface area contributed by atoms with E-state index in [-0.39, 0.29) is 5.82 Å². The molecule has 2 atom stereocenters. The van der Waals surface area contributed by atoms with Crippen molar-refractivity contribution in [3.05, 3.63) is 53.6 Å². The van der Waals surface area contributed by atoms with E-state index >= 15 is 0 Å². The molecule has 23 heavy (non-hydrogen) atoms. The lowest BCUT2D eigenvalue weighted by Crippen LogP contribution is -2.44. The normalized spacial score (nSPS) is 20.6. The maximum Gasteiger partial charge on any atom is 0.129 e. The highest BCUT2D eigenvalue weighted by Gasteiger charge is 2.26. The highest BCUT2D eigenvalue weighted by atomic mass is 19.1. The second kappa shape index (κ2) is 7.23. The van der Waals surface area contributed by atoms with Crippen molar-refractivity contribution in [3.63, 3.8) is 0 Å². The van der Waals surface area contributed by atoms with E-state index in [2.05, 4.69) is 10.00 Å².